The smallest absolute Gasteiger partial charge is 0.224 e. The molecule has 0 spiro atoms. The van der Waals surface area contributed by atoms with Crippen LogP contribution < -0.4 is 5.32 Å². The molecule has 0 atom stereocenters. The zero-order chi connectivity index (χ0) is 27.1. The largest absolute Gasteiger partial charge is 0.325 e. The van der Waals surface area contributed by atoms with Crippen LogP contribution >= 0.6 is 0 Å². The number of nitrogens with zero attached hydrogens (tertiary/aromatic N) is 5. The molecule has 3 N–H and O–H groups in total. The number of imidazole rings is 1. The van der Waals surface area contributed by atoms with Gasteiger partial charge in [-0.1, -0.05) is 26.0 Å². The summed E-state index contributed by atoms with van der Waals surface area (Å²) in [5.74, 6) is -0.618. The van der Waals surface area contributed by atoms with Gasteiger partial charge in [0.1, 0.15) is 22.8 Å². The molecule has 194 valence electrons. The molecule has 5 heterocycles. The number of fused-ring (bicyclic) bond motifs is 2. The number of H-pyrrole nitrogens is 2. The lowest BCUT2D eigenvalue weighted by molar-refractivity contribution is -0.116. The van der Waals surface area contributed by atoms with E-state index in [2.05, 4.69) is 40.4 Å². The Morgan fingerprint density at radius 2 is 1.87 bits per heavy atom. The standard InChI is InChI=1S/C28H22F2N8O/c1-14(2)8-21(39)34-18-10-16(11-31-12-18)20-13-33-26-22(23(20)30)25(37-38-26)28-35-24-19(6-7-32-27(24)36-28)15-4-3-5-17(29)9-15/h3-7,9-14H,8H2,1-2H3,(H,34,39)(H,32,35,36)(H,33,37,38). The first-order chi connectivity index (χ1) is 18.9. The molecule has 1 amide bonds. The average Bonchev–Trinajstić information content (AvgIpc) is 3.53. The molecule has 5 aromatic heterocycles. The van der Waals surface area contributed by atoms with Crippen molar-refractivity contribution in [2.75, 3.05) is 5.32 Å². The molecule has 0 aliphatic carbocycles. The van der Waals surface area contributed by atoms with Crippen LogP contribution in [0.4, 0.5) is 14.5 Å². The van der Waals surface area contributed by atoms with E-state index in [1.807, 2.05) is 13.8 Å². The highest BCUT2D eigenvalue weighted by atomic mass is 19.1. The fourth-order valence-electron chi connectivity index (χ4n) is 4.48. The molecule has 6 rings (SSSR count). The van der Waals surface area contributed by atoms with Crippen molar-refractivity contribution in [1.29, 1.82) is 0 Å². The number of amides is 1. The number of rotatable bonds is 6. The number of pyridine rings is 3. The van der Waals surface area contributed by atoms with Crippen LogP contribution in [0.2, 0.25) is 0 Å². The Morgan fingerprint density at radius 3 is 2.69 bits per heavy atom. The number of carbonyl (C=O) groups is 1. The van der Waals surface area contributed by atoms with Crippen LogP contribution in [0.1, 0.15) is 20.3 Å². The molecule has 0 saturated heterocycles. The van der Waals surface area contributed by atoms with Crippen LogP contribution in [0.3, 0.4) is 0 Å². The molecule has 6 aromatic rings. The van der Waals surface area contributed by atoms with Crippen molar-refractivity contribution in [2.45, 2.75) is 20.3 Å². The third-order valence-corrected chi connectivity index (χ3v) is 6.20. The molecule has 1 aromatic carbocycles. The van der Waals surface area contributed by atoms with Gasteiger partial charge < -0.3 is 10.3 Å². The third-order valence-electron chi connectivity index (χ3n) is 6.20. The van der Waals surface area contributed by atoms with Gasteiger partial charge in [-0.3, -0.25) is 14.9 Å². The predicted molar refractivity (Wildman–Crippen MR) is 143 cm³/mol. The number of hydrogen-bond donors (Lipinski definition) is 3. The Bertz CT molecular complexity index is 1860. The molecule has 39 heavy (non-hydrogen) atoms. The lowest BCUT2D eigenvalue weighted by Crippen LogP contribution is -2.14. The molecule has 0 aliphatic heterocycles. The number of benzene rings is 1. The van der Waals surface area contributed by atoms with Gasteiger partial charge in [0.05, 0.1) is 17.3 Å². The molecule has 0 aliphatic rings. The fraction of sp³-hybridized carbons (Fsp3) is 0.143. The number of carbonyl (C=O) groups excluding carboxylic acids is 1. The topological polar surface area (TPSA) is 125 Å². The summed E-state index contributed by atoms with van der Waals surface area (Å²) in [6, 6.07) is 9.56. The monoisotopic (exact) mass is 524 g/mol. The minimum atomic E-state index is -0.574. The second-order valence-corrected chi connectivity index (χ2v) is 9.54. The average molecular weight is 525 g/mol. The first-order valence-electron chi connectivity index (χ1n) is 12.3. The lowest BCUT2D eigenvalue weighted by Gasteiger charge is -2.09. The van der Waals surface area contributed by atoms with Crippen molar-refractivity contribution >= 4 is 33.8 Å². The van der Waals surface area contributed by atoms with Crippen LogP contribution in [0.25, 0.3) is 56.0 Å². The highest BCUT2D eigenvalue weighted by molar-refractivity contribution is 5.97. The first-order valence-corrected chi connectivity index (χ1v) is 12.3. The Labute approximate surface area is 220 Å². The Kier molecular flexibility index (Phi) is 6.02. The number of aromatic amines is 2. The van der Waals surface area contributed by atoms with Gasteiger partial charge in [0.25, 0.3) is 0 Å². The Hall–Kier alpha value is -5.06. The predicted octanol–water partition coefficient (Wildman–Crippen LogP) is 5.89. The van der Waals surface area contributed by atoms with Crippen molar-refractivity contribution in [3.05, 3.63) is 72.8 Å². The summed E-state index contributed by atoms with van der Waals surface area (Å²) in [7, 11) is 0. The Balaban J connectivity index is 1.42. The van der Waals surface area contributed by atoms with Gasteiger partial charge in [0.2, 0.25) is 5.91 Å². The molecular weight excluding hydrogens is 502 g/mol. The van der Waals surface area contributed by atoms with E-state index >= 15 is 4.39 Å². The van der Waals surface area contributed by atoms with Crippen LogP contribution in [-0.4, -0.2) is 41.0 Å². The van der Waals surface area contributed by atoms with E-state index in [9.17, 15) is 9.18 Å². The summed E-state index contributed by atoms with van der Waals surface area (Å²) in [6.07, 6.45) is 6.34. The fourth-order valence-corrected chi connectivity index (χ4v) is 4.48. The lowest BCUT2D eigenvalue weighted by atomic mass is 10.1. The second-order valence-electron chi connectivity index (χ2n) is 9.54. The molecular formula is C28H22F2N8O. The summed E-state index contributed by atoms with van der Waals surface area (Å²) in [5.41, 5.74) is 3.78. The van der Waals surface area contributed by atoms with Gasteiger partial charge >= 0.3 is 0 Å². The molecule has 0 radical (unpaired) electrons. The van der Waals surface area contributed by atoms with Crippen LogP contribution in [-0.2, 0) is 4.79 Å². The highest BCUT2D eigenvalue weighted by Crippen LogP contribution is 2.34. The summed E-state index contributed by atoms with van der Waals surface area (Å²) in [6.45, 7) is 3.90. The van der Waals surface area contributed by atoms with E-state index < -0.39 is 5.82 Å². The number of halogens is 2. The van der Waals surface area contributed by atoms with E-state index in [0.717, 1.165) is 0 Å². The number of nitrogens with one attached hydrogen (secondary N) is 3. The molecule has 0 saturated carbocycles. The van der Waals surface area contributed by atoms with E-state index in [1.54, 1.807) is 30.5 Å². The highest BCUT2D eigenvalue weighted by Gasteiger charge is 2.22. The number of anilines is 1. The maximum absolute atomic E-state index is 16.0. The van der Waals surface area contributed by atoms with Crippen LogP contribution in [0, 0.1) is 17.6 Å². The second kappa shape index (κ2) is 9.67. The molecule has 0 fully saturated rings. The summed E-state index contributed by atoms with van der Waals surface area (Å²) in [5, 5.41) is 9.97. The van der Waals surface area contributed by atoms with Gasteiger partial charge in [0.15, 0.2) is 17.1 Å². The van der Waals surface area contributed by atoms with Crippen LogP contribution in [0.15, 0.2) is 61.2 Å². The minimum Gasteiger partial charge on any atom is -0.325 e. The normalized spacial score (nSPS) is 11.5. The maximum Gasteiger partial charge on any atom is 0.224 e. The van der Waals surface area contributed by atoms with Gasteiger partial charge in [0, 0.05) is 41.7 Å². The SMILES string of the molecule is CC(C)CC(=O)Nc1cncc(-c2cnc3[nH]nc(-c4nc5c(-c6cccc(F)c6)ccnc5[nH]4)c3c2F)c1. The quantitative estimate of drug-likeness (QED) is 0.250. The van der Waals surface area contributed by atoms with Crippen molar-refractivity contribution in [1.82, 2.24) is 35.1 Å². The third kappa shape index (κ3) is 4.58. The van der Waals surface area contributed by atoms with Gasteiger partial charge in [-0.15, -0.1) is 0 Å². The number of hydrogen-bond acceptors (Lipinski definition) is 6. The zero-order valence-corrected chi connectivity index (χ0v) is 21.0. The van der Waals surface area contributed by atoms with E-state index in [-0.39, 0.29) is 45.8 Å². The van der Waals surface area contributed by atoms with Crippen molar-refractivity contribution in [3.63, 3.8) is 0 Å². The molecule has 0 unspecified atom stereocenters. The minimum absolute atomic E-state index is 0.133. The zero-order valence-electron chi connectivity index (χ0n) is 21.0. The van der Waals surface area contributed by atoms with E-state index in [4.69, 9.17) is 0 Å². The van der Waals surface area contributed by atoms with E-state index in [0.29, 0.717) is 40.0 Å². The Morgan fingerprint density at radius 1 is 1.00 bits per heavy atom. The van der Waals surface area contributed by atoms with Crippen molar-refractivity contribution < 1.29 is 13.6 Å². The molecule has 9 nitrogen and oxygen atoms in total. The summed E-state index contributed by atoms with van der Waals surface area (Å²) >= 11 is 0. The summed E-state index contributed by atoms with van der Waals surface area (Å²) < 4.78 is 29.9. The maximum atomic E-state index is 16.0. The molecule has 11 heteroatoms. The number of aromatic nitrogens is 7. The van der Waals surface area contributed by atoms with Crippen LogP contribution in [0.5, 0.6) is 0 Å². The van der Waals surface area contributed by atoms with Gasteiger partial charge in [-0.25, -0.2) is 23.7 Å². The van der Waals surface area contributed by atoms with E-state index in [1.165, 1.54) is 30.7 Å². The van der Waals surface area contributed by atoms with Gasteiger partial charge in [-0.05, 0) is 35.7 Å². The summed E-state index contributed by atoms with van der Waals surface area (Å²) in [4.78, 5) is 32.8. The van der Waals surface area contributed by atoms with Crippen molar-refractivity contribution in [2.24, 2.45) is 5.92 Å². The van der Waals surface area contributed by atoms with Gasteiger partial charge in [-0.2, -0.15) is 5.10 Å². The molecule has 0 bridgehead atoms. The first kappa shape index (κ1) is 24.3. The van der Waals surface area contributed by atoms with Crippen molar-refractivity contribution in [3.8, 4) is 33.8 Å².